The molecule has 1 aliphatic heterocycles. The molecule has 0 spiro atoms. The van der Waals surface area contributed by atoms with Crippen LogP contribution in [0.2, 0.25) is 0 Å². The third kappa shape index (κ3) is 4.25. The lowest BCUT2D eigenvalue weighted by Crippen LogP contribution is -2.50. The summed E-state index contributed by atoms with van der Waals surface area (Å²) in [6.07, 6.45) is 4.47. The van der Waals surface area contributed by atoms with Crippen LogP contribution in [-0.2, 0) is 14.8 Å². The van der Waals surface area contributed by atoms with Gasteiger partial charge in [0.1, 0.15) is 5.52 Å². The lowest BCUT2D eigenvalue weighted by Gasteiger charge is -2.34. The SMILES string of the molecule is CC[C@H]1CN(c2cn(S(=O)(=O)c3ccccc3)c3cccnc23)CCN1.O=CO. The molecular formula is C20H24N4O4S. The van der Waals surface area contributed by atoms with Crippen molar-refractivity contribution in [2.45, 2.75) is 24.3 Å². The summed E-state index contributed by atoms with van der Waals surface area (Å²) in [6.45, 7) is 4.46. The van der Waals surface area contributed by atoms with E-state index in [9.17, 15) is 8.42 Å². The van der Waals surface area contributed by atoms with Gasteiger partial charge in [-0.05, 0) is 30.7 Å². The van der Waals surface area contributed by atoms with Gasteiger partial charge in [0.25, 0.3) is 16.5 Å². The van der Waals surface area contributed by atoms with Gasteiger partial charge in [0.2, 0.25) is 0 Å². The Kier molecular flexibility index (Phi) is 6.50. The lowest BCUT2D eigenvalue weighted by molar-refractivity contribution is -0.122. The van der Waals surface area contributed by atoms with Gasteiger partial charge in [-0.2, -0.15) is 0 Å². The first-order valence-corrected chi connectivity index (χ1v) is 10.8. The molecule has 0 saturated carbocycles. The summed E-state index contributed by atoms with van der Waals surface area (Å²) in [6, 6.07) is 12.5. The van der Waals surface area contributed by atoms with Gasteiger partial charge in [-0.25, -0.2) is 12.4 Å². The fourth-order valence-electron chi connectivity index (χ4n) is 3.47. The van der Waals surface area contributed by atoms with Crippen molar-refractivity contribution in [2.75, 3.05) is 24.5 Å². The van der Waals surface area contributed by atoms with Crippen LogP contribution in [0.5, 0.6) is 0 Å². The molecule has 8 nitrogen and oxygen atoms in total. The number of anilines is 1. The number of benzene rings is 1. The van der Waals surface area contributed by atoms with Crippen LogP contribution in [0.25, 0.3) is 11.0 Å². The van der Waals surface area contributed by atoms with Crippen LogP contribution >= 0.6 is 0 Å². The second kappa shape index (κ2) is 9.06. The molecule has 154 valence electrons. The quantitative estimate of drug-likeness (QED) is 0.628. The maximum atomic E-state index is 13.2. The smallest absolute Gasteiger partial charge is 0.290 e. The summed E-state index contributed by atoms with van der Waals surface area (Å²) in [5, 5.41) is 10.4. The lowest BCUT2D eigenvalue weighted by atomic mass is 10.1. The summed E-state index contributed by atoms with van der Waals surface area (Å²) in [4.78, 5) is 15.4. The Balaban J connectivity index is 0.000000755. The van der Waals surface area contributed by atoms with E-state index >= 15 is 0 Å². The molecule has 0 bridgehead atoms. The van der Waals surface area contributed by atoms with Crippen LogP contribution in [0.3, 0.4) is 0 Å². The number of nitrogens with one attached hydrogen (secondary N) is 1. The average Bonchev–Trinajstić information content (AvgIpc) is 3.16. The molecule has 0 aliphatic carbocycles. The third-order valence-electron chi connectivity index (χ3n) is 4.90. The van der Waals surface area contributed by atoms with Crippen molar-refractivity contribution in [3.05, 3.63) is 54.9 Å². The summed E-state index contributed by atoms with van der Waals surface area (Å²) in [5.74, 6) is 0. The second-order valence-electron chi connectivity index (χ2n) is 6.61. The first-order chi connectivity index (χ1) is 14.0. The highest BCUT2D eigenvalue weighted by molar-refractivity contribution is 7.90. The zero-order valence-corrected chi connectivity index (χ0v) is 16.9. The molecule has 0 unspecified atom stereocenters. The van der Waals surface area contributed by atoms with E-state index in [1.807, 2.05) is 12.1 Å². The average molecular weight is 417 g/mol. The van der Waals surface area contributed by atoms with Gasteiger partial charge in [-0.15, -0.1) is 0 Å². The number of piperazine rings is 1. The van der Waals surface area contributed by atoms with E-state index in [0.717, 1.165) is 37.3 Å². The summed E-state index contributed by atoms with van der Waals surface area (Å²) < 4.78 is 27.7. The van der Waals surface area contributed by atoms with Gasteiger partial charge in [0, 0.05) is 38.1 Å². The van der Waals surface area contributed by atoms with Crippen molar-refractivity contribution in [3.63, 3.8) is 0 Å². The number of hydrogen-bond donors (Lipinski definition) is 2. The monoisotopic (exact) mass is 416 g/mol. The maximum Gasteiger partial charge on any atom is 0.290 e. The highest BCUT2D eigenvalue weighted by Gasteiger charge is 2.26. The van der Waals surface area contributed by atoms with Crippen LogP contribution in [0.1, 0.15) is 13.3 Å². The standard InChI is InChI=1S/C19H22N4O2S.CH2O2/c1-2-15-13-22(12-11-20-15)18-14-23(17-9-6-10-21-19(17)18)26(24,25)16-7-4-3-5-8-16;2-1-3/h3-10,14-15,20H,2,11-13H2,1H3;1H,(H,2,3)/t15-;/m0./s1. The Bertz CT molecular complexity index is 1070. The van der Waals surface area contributed by atoms with Crippen molar-refractivity contribution in [1.82, 2.24) is 14.3 Å². The van der Waals surface area contributed by atoms with E-state index < -0.39 is 10.0 Å². The van der Waals surface area contributed by atoms with Gasteiger partial charge >= 0.3 is 0 Å². The number of carboxylic acid groups (broad SMARTS) is 1. The van der Waals surface area contributed by atoms with Crippen molar-refractivity contribution < 1.29 is 18.3 Å². The topological polar surface area (TPSA) is 105 Å². The molecule has 3 heterocycles. The zero-order valence-electron chi connectivity index (χ0n) is 16.1. The van der Waals surface area contributed by atoms with E-state index in [2.05, 4.69) is 22.1 Å². The van der Waals surface area contributed by atoms with E-state index in [1.165, 1.54) is 3.97 Å². The minimum absolute atomic E-state index is 0.250. The Morgan fingerprint density at radius 3 is 2.66 bits per heavy atom. The Labute approximate surface area is 169 Å². The van der Waals surface area contributed by atoms with Crippen LogP contribution in [0.4, 0.5) is 5.69 Å². The number of fused-ring (bicyclic) bond motifs is 1. The second-order valence-corrected chi connectivity index (χ2v) is 8.43. The third-order valence-corrected chi connectivity index (χ3v) is 6.58. The summed E-state index contributed by atoms with van der Waals surface area (Å²) in [7, 11) is -3.67. The van der Waals surface area contributed by atoms with Gasteiger partial charge in [0.05, 0.1) is 16.1 Å². The molecule has 29 heavy (non-hydrogen) atoms. The predicted octanol–water partition coefficient (Wildman–Crippen LogP) is 2.16. The molecule has 9 heteroatoms. The van der Waals surface area contributed by atoms with Gasteiger partial charge < -0.3 is 15.3 Å². The number of nitrogens with zero attached hydrogens (tertiary/aromatic N) is 3. The molecule has 1 aromatic carbocycles. The number of aromatic nitrogens is 2. The Morgan fingerprint density at radius 1 is 1.24 bits per heavy atom. The number of hydrogen-bond acceptors (Lipinski definition) is 6. The molecule has 1 atom stereocenters. The molecule has 1 aliphatic rings. The number of pyridine rings is 1. The fourth-order valence-corrected chi connectivity index (χ4v) is 4.84. The maximum absolute atomic E-state index is 13.2. The van der Waals surface area contributed by atoms with Crippen molar-refractivity contribution in [3.8, 4) is 0 Å². The van der Waals surface area contributed by atoms with E-state index in [0.29, 0.717) is 11.6 Å². The van der Waals surface area contributed by atoms with Crippen molar-refractivity contribution in [1.29, 1.82) is 0 Å². The molecule has 3 aromatic rings. The fraction of sp³-hybridized carbons (Fsp3) is 0.300. The molecular weight excluding hydrogens is 392 g/mol. The van der Waals surface area contributed by atoms with Gasteiger partial charge in [-0.3, -0.25) is 9.78 Å². The molecule has 1 saturated heterocycles. The van der Waals surface area contributed by atoms with E-state index in [-0.39, 0.29) is 11.4 Å². The van der Waals surface area contributed by atoms with E-state index in [1.54, 1.807) is 42.7 Å². The van der Waals surface area contributed by atoms with Gasteiger partial charge in [0.15, 0.2) is 0 Å². The first kappa shape index (κ1) is 20.8. The Morgan fingerprint density at radius 2 is 1.97 bits per heavy atom. The van der Waals surface area contributed by atoms with Crippen LogP contribution < -0.4 is 10.2 Å². The number of rotatable bonds is 4. The van der Waals surface area contributed by atoms with E-state index in [4.69, 9.17) is 9.90 Å². The normalized spacial score (nSPS) is 16.9. The van der Waals surface area contributed by atoms with Crippen molar-refractivity contribution >= 4 is 33.2 Å². The largest absolute Gasteiger partial charge is 0.483 e. The molecule has 4 rings (SSSR count). The summed E-state index contributed by atoms with van der Waals surface area (Å²) in [5.41, 5.74) is 2.21. The van der Waals surface area contributed by atoms with Crippen LogP contribution in [-0.4, -0.2) is 54.6 Å². The van der Waals surface area contributed by atoms with Crippen LogP contribution in [0.15, 0.2) is 59.8 Å². The molecule has 0 amide bonds. The molecule has 0 radical (unpaired) electrons. The van der Waals surface area contributed by atoms with Crippen LogP contribution in [0, 0.1) is 0 Å². The molecule has 1 fully saturated rings. The zero-order chi connectivity index (χ0) is 20.9. The highest BCUT2D eigenvalue weighted by atomic mass is 32.2. The number of carbonyl (C=O) groups is 1. The predicted molar refractivity (Wildman–Crippen MR) is 112 cm³/mol. The molecule has 2 N–H and O–H groups in total. The van der Waals surface area contributed by atoms with Gasteiger partial charge in [-0.1, -0.05) is 25.1 Å². The minimum atomic E-state index is -3.67. The van der Waals surface area contributed by atoms with Crippen molar-refractivity contribution in [2.24, 2.45) is 0 Å². The first-order valence-electron chi connectivity index (χ1n) is 9.35. The molecule has 2 aromatic heterocycles. The summed E-state index contributed by atoms with van der Waals surface area (Å²) >= 11 is 0. The minimum Gasteiger partial charge on any atom is -0.483 e. The highest BCUT2D eigenvalue weighted by Crippen LogP contribution is 2.31. The Hall–Kier alpha value is -2.91.